The maximum absolute atomic E-state index is 13.2. The van der Waals surface area contributed by atoms with Crippen molar-refractivity contribution in [3.8, 4) is 0 Å². The molecule has 0 aliphatic rings. The standard InChI is InChI=1S/C19H22N4O4/c1-3-22(27-2)19(26)23(17-10-5-4-6-11-17)18(25)21(13-14-24)15-16-9-7-8-12-20-16/h4-12,14H,3,13,15H2,1-2H3. The average molecular weight is 370 g/mol. The van der Waals surface area contributed by atoms with E-state index in [9.17, 15) is 14.4 Å². The van der Waals surface area contributed by atoms with Gasteiger partial charge in [0.2, 0.25) is 0 Å². The number of nitrogens with zero attached hydrogens (tertiary/aromatic N) is 4. The number of imide groups is 1. The van der Waals surface area contributed by atoms with Gasteiger partial charge in [-0.25, -0.2) is 19.6 Å². The Hall–Kier alpha value is -3.26. The number of anilines is 1. The highest BCUT2D eigenvalue weighted by molar-refractivity contribution is 6.13. The van der Waals surface area contributed by atoms with E-state index in [0.717, 1.165) is 9.96 Å². The van der Waals surface area contributed by atoms with Gasteiger partial charge in [-0.3, -0.25) is 9.82 Å². The van der Waals surface area contributed by atoms with Crippen molar-refractivity contribution in [2.75, 3.05) is 25.1 Å². The second-order valence-corrected chi connectivity index (χ2v) is 5.48. The summed E-state index contributed by atoms with van der Waals surface area (Å²) < 4.78 is 0. The molecule has 1 aromatic carbocycles. The van der Waals surface area contributed by atoms with Gasteiger partial charge in [-0.1, -0.05) is 24.3 Å². The van der Waals surface area contributed by atoms with Gasteiger partial charge in [0, 0.05) is 12.7 Å². The Kier molecular flexibility index (Phi) is 7.45. The summed E-state index contributed by atoms with van der Waals surface area (Å²) >= 11 is 0. The van der Waals surface area contributed by atoms with Crippen molar-refractivity contribution >= 4 is 24.0 Å². The number of carbonyl (C=O) groups excluding carboxylic acids is 3. The van der Waals surface area contributed by atoms with Gasteiger partial charge in [0.15, 0.2) is 0 Å². The lowest BCUT2D eigenvalue weighted by Gasteiger charge is -2.31. The summed E-state index contributed by atoms with van der Waals surface area (Å²) in [4.78, 5) is 48.7. The molecule has 0 unspecified atom stereocenters. The maximum atomic E-state index is 13.2. The molecule has 1 heterocycles. The number of hydrogen-bond donors (Lipinski definition) is 0. The van der Waals surface area contributed by atoms with Gasteiger partial charge >= 0.3 is 12.1 Å². The molecule has 0 atom stereocenters. The molecule has 0 N–H and O–H groups in total. The van der Waals surface area contributed by atoms with Crippen LogP contribution in [-0.2, 0) is 16.2 Å². The van der Waals surface area contributed by atoms with E-state index in [-0.39, 0.29) is 19.6 Å². The normalized spacial score (nSPS) is 10.1. The highest BCUT2D eigenvalue weighted by atomic mass is 16.7. The molecule has 0 aliphatic carbocycles. The van der Waals surface area contributed by atoms with E-state index in [2.05, 4.69) is 4.98 Å². The Balaban J connectivity index is 2.37. The number of aldehydes is 1. The molecule has 0 bridgehead atoms. The van der Waals surface area contributed by atoms with Crippen molar-refractivity contribution in [3.05, 3.63) is 60.4 Å². The molecule has 0 spiro atoms. The molecule has 8 nitrogen and oxygen atoms in total. The van der Waals surface area contributed by atoms with Crippen molar-refractivity contribution in [3.63, 3.8) is 0 Å². The summed E-state index contributed by atoms with van der Waals surface area (Å²) in [5.74, 6) is 0. The third kappa shape index (κ3) is 5.11. The number of rotatable bonds is 7. The van der Waals surface area contributed by atoms with Gasteiger partial charge in [0.25, 0.3) is 0 Å². The van der Waals surface area contributed by atoms with Crippen molar-refractivity contribution in [1.29, 1.82) is 0 Å². The lowest BCUT2D eigenvalue weighted by Crippen LogP contribution is -2.51. The van der Waals surface area contributed by atoms with Crippen molar-refractivity contribution < 1.29 is 19.2 Å². The zero-order valence-electron chi connectivity index (χ0n) is 15.3. The number of hydroxylamine groups is 2. The van der Waals surface area contributed by atoms with Crippen LogP contribution >= 0.6 is 0 Å². The van der Waals surface area contributed by atoms with Crippen LogP contribution in [0.3, 0.4) is 0 Å². The summed E-state index contributed by atoms with van der Waals surface area (Å²) in [5, 5.41) is 1.06. The first kappa shape index (κ1) is 20.1. The van der Waals surface area contributed by atoms with E-state index in [1.165, 1.54) is 12.0 Å². The molecule has 1 aromatic heterocycles. The molecule has 0 radical (unpaired) electrons. The predicted octanol–water partition coefficient (Wildman–Crippen LogP) is 2.71. The Morgan fingerprint density at radius 3 is 2.33 bits per heavy atom. The first-order valence-electron chi connectivity index (χ1n) is 8.45. The molecule has 0 saturated heterocycles. The molecule has 0 saturated carbocycles. The molecule has 2 aromatic rings. The second kappa shape index (κ2) is 10.0. The number of aromatic nitrogens is 1. The van der Waals surface area contributed by atoms with Crippen LogP contribution in [0.25, 0.3) is 0 Å². The fourth-order valence-corrected chi connectivity index (χ4v) is 2.46. The van der Waals surface area contributed by atoms with Crippen LogP contribution in [0.5, 0.6) is 0 Å². The summed E-state index contributed by atoms with van der Waals surface area (Å²) in [7, 11) is 1.35. The topological polar surface area (TPSA) is 83.0 Å². The van der Waals surface area contributed by atoms with Gasteiger partial charge in [0.05, 0.1) is 31.6 Å². The molecule has 27 heavy (non-hydrogen) atoms. The van der Waals surface area contributed by atoms with E-state index >= 15 is 0 Å². The fourth-order valence-electron chi connectivity index (χ4n) is 2.46. The molecule has 0 aliphatic heterocycles. The molecular formula is C19H22N4O4. The van der Waals surface area contributed by atoms with Crippen molar-refractivity contribution in [1.82, 2.24) is 14.9 Å². The van der Waals surface area contributed by atoms with Gasteiger partial charge < -0.3 is 9.69 Å². The number of urea groups is 2. The van der Waals surface area contributed by atoms with Crippen LogP contribution in [0.15, 0.2) is 54.7 Å². The zero-order chi connectivity index (χ0) is 19.6. The third-order valence-electron chi connectivity index (χ3n) is 3.76. The maximum Gasteiger partial charge on any atom is 0.356 e. The monoisotopic (exact) mass is 370 g/mol. The predicted molar refractivity (Wildman–Crippen MR) is 99.8 cm³/mol. The van der Waals surface area contributed by atoms with E-state index in [4.69, 9.17) is 4.84 Å². The minimum atomic E-state index is -0.645. The van der Waals surface area contributed by atoms with Gasteiger partial charge in [0.1, 0.15) is 6.29 Å². The van der Waals surface area contributed by atoms with Gasteiger partial charge in [-0.05, 0) is 31.2 Å². The summed E-state index contributed by atoms with van der Waals surface area (Å²) in [6.07, 6.45) is 2.21. The Labute approximate surface area is 157 Å². The summed E-state index contributed by atoms with van der Waals surface area (Å²) in [6.45, 7) is 1.89. The average Bonchev–Trinajstić information content (AvgIpc) is 2.70. The number of pyridine rings is 1. The number of carbonyl (C=O) groups is 3. The van der Waals surface area contributed by atoms with Crippen molar-refractivity contribution in [2.24, 2.45) is 0 Å². The minimum absolute atomic E-state index is 0.0914. The SMILES string of the molecule is CCN(OC)C(=O)N(C(=O)N(CC=O)Cc1ccccn1)c1ccccc1. The lowest BCUT2D eigenvalue weighted by molar-refractivity contribution is -0.108. The highest BCUT2D eigenvalue weighted by Gasteiger charge is 2.31. The molecule has 142 valence electrons. The van der Waals surface area contributed by atoms with Crippen LogP contribution in [0.2, 0.25) is 0 Å². The number of hydrogen-bond acceptors (Lipinski definition) is 5. The van der Waals surface area contributed by atoms with E-state index < -0.39 is 12.1 Å². The summed E-state index contributed by atoms with van der Waals surface area (Å²) in [5.41, 5.74) is 0.979. The first-order chi connectivity index (χ1) is 13.1. The number of para-hydroxylation sites is 1. The Bertz CT molecular complexity index is 751. The Morgan fingerprint density at radius 2 is 1.78 bits per heavy atom. The molecule has 0 fully saturated rings. The largest absolute Gasteiger partial charge is 0.356 e. The third-order valence-corrected chi connectivity index (χ3v) is 3.76. The highest BCUT2D eigenvalue weighted by Crippen LogP contribution is 2.19. The second-order valence-electron chi connectivity index (χ2n) is 5.48. The smallest absolute Gasteiger partial charge is 0.311 e. The first-order valence-corrected chi connectivity index (χ1v) is 8.45. The molecule has 4 amide bonds. The van der Waals surface area contributed by atoms with Crippen LogP contribution in [0.1, 0.15) is 12.6 Å². The lowest BCUT2D eigenvalue weighted by atomic mass is 10.3. The zero-order valence-corrected chi connectivity index (χ0v) is 15.3. The van der Waals surface area contributed by atoms with Crippen LogP contribution < -0.4 is 4.90 Å². The summed E-state index contributed by atoms with van der Waals surface area (Å²) in [6, 6.07) is 12.5. The van der Waals surface area contributed by atoms with Gasteiger partial charge in [-0.15, -0.1) is 0 Å². The Morgan fingerprint density at radius 1 is 1.07 bits per heavy atom. The van der Waals surface area contributed by atoms with Gasteiger partial charge in [-0.2, -0.15) is 0 Å². The number of amides is 4. The number of benzene rings is 1. The van der Waals surface area contributed by atoms with E-state index in [1.54, 1.807) is 61.7 Å². The molecule has 8 heteroatoms. The quantitative estimate of drug-likeness (QED) is 0.553. The fraction of sp³-hybridized carbons (Fsp3) is 0.263. The van der Waals surface area contributed by atoms with E-state index in [0.29, 0.717) is 17.7 Å². The van der Waals surface area contributed by atoms with Crippen LogP contribution in [-0.4, -0.2) is 53.5 Å². The minimum Gasteiger partial charge on any atom is -0.311 e. The van der Waals surface area contributed by atoms with Crippen LogP contribution in [0, 0.1) is 0 Å². The van der Waals surface area contributed by atoms with Crippen molar-refractivity contribution in [2.45, 2.75) is 13.5 Å². The molecular weight excluding hydrogens is 348 g/mol. The molecule has 2 rings (SSSR count). The van der Waals surface area contributed by atoms with E-state index in [1.807, 2.05) is 0 Å². The van der Waals surface area contributed by atoms with Crippen LogP contribution in [0.4, 0.5) is 15.3 Å².